The summed E-state index contributed by atoms with van der Waals surface area (Å²) >= 11 is 0. The van der Waals surface area contributed by atoms with Crippen LogP contribution in [0, 0.1) is 0 Å². The summed E-state index contributed by atoms with van der Waals surface area (Å²) in [6, 6.07) is 8.66. The molecular weight excluding hydrogens is 329 g/mol. The highest BCUT2D eigenvalue weighted by Gasteiger charge is 2.52. The molecule has 1 aliphatic heterocycles. The quantitative estimate of drug-likeness (QED) is 0.883. The van der Waals surface area contributed by atoms with Crippen molar-refractivity contribution in [3.63, 3.8) is 0 Å². The molecule has 0 aromatic heterocycles. The van der Waals surface area contributed by atoms with E-state index in [0.717, 1.165) is 27.8 Å². The molecule has 0 saturated carbocycles. The number of nitrogens with one attached hydrogen (secondary N) is 1. The van der Waals surface area contributed by atoms with Gasteiger partial charge in [-0.3, -0.25) is 10.2 Å². The first-order valence-electron chi connectivity index (χ1n) is 8.30. The van der Waals surface area contributed by atoms with E-state index in [1.54, 1.807) is 26.0 Å². The first kappa shape index (κ1) is 17.7. The number of amides is 1. The Morgan fingerprint density at radius 2 is 1.96 bits per heavy atom. The van der Waals surface area contributed by atoms with Crippen LogP contribution in [-0.4, -0.2) is 22.6 Å². The minimum absolute atomic E-state index is 0.0351. The zero-order chi connectivity index (χ0) is 18.4. The van der Waals surface area contributed by atoms with Crippen molar-refractivity contribution in [2.75, 3.05) is 0 Å². The molecule has 0 spiro atoms. The number of fused-ring (bicyclic) bond motifs is 1. The Bertz CT molecular complexity index is 814. The van der Waals surface area contributed by atoms with Crippen LogP contribution in [0.3, 0.4) is 0 Å². The van der Waals surface area contributed by atoms with Gasteiger partial charge in [0.1, 0.15) is 0 Å². The number of nitrogens with zero attached hydrogens (tertiary/aromatic N) is 1. The largest absolute Gasteiger partial charge is 0.409 e. The van der Waals surface area contributed by atoms with Gasteiger partial charge in [-0.15, -0.1) is 0 Å². The number of hydrogen-bond donors (Lipinski definition) is 1. The lowest BCUT2D eigenvalue weighted by Gasteiger charge is -2.38. The molecule has 1 heterocycles. The molecule has 0 radical (unpaired) electrons. The van der Waals surface area contributed by atoms with Crippen LogP contribution in [0.4, 0.5) is 13.2 Å². The van der Waals surface area contributed by atoms with Crippen molar-refractivity contribution in [3.05, 3.63) is 47.5 Å². The molecular formula is C19H21F3N2O. The fourth-order valence-electron chi connectivity index (χ4n) is 3.54. The van der Waals surface area contributed by atoms with E-state index in [1.807, 2.05) is 25.1 Å². The highest BCUT2D eigenvalue weighted by atomic mass is 19.4. The van der Waals surface area contributed by atoms with Gasteiger partial charge in [0.25, 0.3) is 0 Å². The number of carbonyl (C=O) groups is 1. The van der Waals surface area contributed by atoms with E-state index < -0.39 is 23.7 Å². The first-order valence-corrected chi connectivity index (χ1v) is 8.30. The average Bonchev–Trinajstić information content (AvgIpc) is 2.77. The maximum atomic E-state index is 13.9. The summed E-state index contributed by atoms with van der Waals surface area (Å²) in [5.74, 6) is -0.394. The maximum Gasteiger partial charge on any atom is 0.409 e. The Hall–Kier alpha value is -2.08. The van der Waals surface area contributed by atoms with Crippen LogP contribution >= 0.6 is 0 Å². The zero-order valence-corrected chi connectivity index (χ0v) is 14.4. The van der Waals surface area contributed by atoms with Gasteiger partial charge in [-0.1, -0.05) is 37.3 Å². The van der Waals surface area contributed by atoms with Crippen molar-refractivity contribution in [2.24, 2.45) is 0 Å². The fraction of sp³-hybridized carbons (Fsp3) is 0.421. The number of halogens is 3. The van der Waals surface area contributed by atoms with Gasteiger partial charge in [-0.2, -0.15) is 18.2 Å². The standard InChI is InChI=1S/C19H21F3N2O/c1-4-12-6-5-7-13-8-9-14(10-15(12)13)17(19(20,21)22)24-18(2,3)11-16(25)23-24/h5-10,17H,4,11H2,1-3H3,(H,23,25). The van der Waals surface area contributed by atoms with Gasteiger partial charge in [0, 0.05) is 12.0 Å². The summed E-state index contributed by atoms with van der Waals surface area (Å²) in [6.07, 6.45) is -3.74. The zero-order valence-electron chi connectivity index (χ0n) is 14.4. The van der Waals surface area contributed by atoms with Crippen LogP contribution in [0.1, 0.15) is 44.4 Å². The van der Waals surface area contributed by atoms with Crippen molar-refractivity contribution < 1.29 is 18.0 Å². The van der Waals surface area contributed by atoms with Gasteiger partial charge >= 0.3 is 6.18 Å². The Kier molecular flexibility index (Phi) is 4.27. The van der Waals surface area contributed by atoms with E-state index in [4.69, 9.17) is 0 Å². The third kappa shape index (κ3) is 3.23. The van der Waals surface area contributed by atoms with E-state index >= 15 is 0 Å². The lowest BCUT2D eigenvalue weighted by molar-refractivity contribution is -0.203. The molecule has 6 heteroatoms. The fourth-order valence-corrected chi connectivity index (χ4v) is 3.54. The molecule has 2 aromatic carbocycles. The Balaban J connectivity index is 2.15. The molecule has 1 saturated heterocycles. The summed E-state index contributed by atoms with van der Waals surface area (Å²) in [7, 11) is 0. The number of hydrogen-bond acceptors (Lipinski definition) is 2. The molecule has 2 aromatic rings. The highest BCUT2D eigenvalue weighted by Crippen LogP contribution is 2.43. The second kappa shape index (κ2) is 6.02. The van der Waals surface area contributed by atoms with E-state index in [2.05, 4.69) is 5.43 Å². The molecule has 25 heavy (non-hydrogen) atoms. The highest BCUT2D eigenvalue weighted by molar-refractivity contribution is 5.86. The van der Waals surface area contributed by atoms with Crippen molar-refractivity contribution in [3.8, 4) is 0 Å². The van der Waals surface area contributed by atoms with Crippen LogP contribution in [0.15, 0.2) is 36.4 Å². The van der Waals surface area contributed by atoms with E-state index in [0.29, 0.717) is 0 Å². The van der Waals surface area contributed by atoms with Crippen molar-refractivity contribution in [1.82, 2.24) is 10.4 Å². The van der Waals surface area contributed by atoms with Gasteiger partial charge < -0.3 is 0 Å². The second-order valence-electron chi connectivity index (χ2n) is 7.09. The predicted molar refractivity (Wildman–Crippen MR) is 90.8 cm³/mol. The predicted octanol–water partition coefficient (Wildman–Crippen LogP) is 4.52. The molecule has 0 bridgehead atoms. The van der Waals surface area contributed by atoms with Gasteiger partial charge in [0.05, 0.1) is 0 Å². The Labute approximate surface area is 144 Å². The number of rotatable bonds is 3. The summed E-state index contributed by atoms with van der Waals surface area (Å²) in [6.45, 7) is 5.26. The molecule has 1 unspecified atom stereocenters. The molecule has 3 nitrogen and oxygen atoms in total. The molecule has 1 fully saturated rings. The smallest absolute Gasteiger partial charge is 0.287 e. The minimum atomic E-state index is -4.51. The molecule has 1 aliphatic rings. The normalized spacial score (nSPS) is 19.2. The maximum absolute atomic E-state index is 13.9. The lowest BCUT2D eigenvalue weighted by Crippen LogP contribution is -2.51. The van der Waals surface area contributed by atoms with Crippen LogP contribution in [0.2, 0.25) is 0 Å². The second-order valence-corrected chi connectivity index (χ2v) is 7.09. The van der Waals surface area contributed by atoms with Crippen molar-refractivity contribution >= 4 is 16.7 Å². The summed E-state index contributed by atoms with van der Waals surface area (Å²) < 4.78 is 41.8. The van der Waals surface area contributed by atoms with Crippen molar-refractivity contribution in [2.45, 2.75) is 51.4 Å². The number of aryl methyl sites for hydroxylation is 1. The van der Waals surface area contributed by atoms with E-state index in [9.17, 15) is 18.0 Å². The first-order chi connectivity index (χ1) is 11.6. The number of alkyl halides is 3. The third-order valence-corrected chi connectivity index (χ3v) is 4.75. The Morgan fingerprint density at radius 1 is 1.24 bits per heavy atom. The van der Waals surface area contributed by atoms with Crippen molar-refractivity contribution in [1.29, 1.82) is 0 Å². The lowest BCUT2D eigenvalue weighted by atomic mass is 9.94. The summed E-state index contributed by atoms with van der Waals surface area (Å²) in [5, 5.41) is 2.78. The third-order valence-electron chi connectivity index (χ3n) is 4.75. The number of hydrazine groups is 1. The molecule has 1 amide bonds. The molecule has 1 N–H and O–H groups in total. The van der Waals surface area contributed by atoms with E-state index in [-0.39, 0.29) is 12.0 Å². The van der Waals surface area contributed by atoms with Gasteiger partial charge in [0.2, 0.25) is 5.91 Å². The van der Waals surface area contributed by atoms with Crippen LogP contribution in [-0.2, 0) is 11.2 Å². The molecule has 0 aliphatic carbocycles. The Morgan fingerprint density at radius 3 is 2.52 bits per heavy atom. The summed E-state index contributed by atoms with van der Waals surface area (Å²) in [5.41, 5.74) is 2.62. The molecule has 1 atom stereocenters. The minimum Gasteiger partial charge on any atom is -0.287 e. The molecule has 134 valence electrons. The monoisotopic (exact) mass is 350 g/mol. The van der Waals surface area contributed by atoms with Gasteiger partial charge in [-0.05, 0) is 48.2 Å². The topological polar surface area (TPSA) is 32.3 Å². The molecule has 3 rings (SSSR count). The van der Waals surface area contributed by atoms with Gasteiger partial charge in [-0.25, -0.2) is 0 Å². The van der Waals surface area contributed by atoms with Crippen LogP contribution < -0.4 is 5.43 Å². The summed E-state index contributed by atoms with van der Waals surface area (Å²) in [4.78, 5) is 11.7. The number of benzene rings is 2. The van der Waals surface area contributed by atoms with Crippen LogP contribution in [0.5, 0.6) is 0 Å². The number of carbonyl (C=O) groups excluding carboxylic acids is 1. The SMILES string of the molecule is CCc1cccc2ccc(C(N3NC(=O)CC3(C)C)C(F)(F)F)cc12. The van der Waals surface area contributed by atoms with Crippen LogP contribution in [0.25, 0.3) is 10.8 Å². The van der Waals surface area contributed by atoms with E-state index in [1.165, 1.54) is 6.07 Å². The van der Waals surface area contributed by atoms with Gasteiger partial charge in [0.15, 0.2) is 6.04 Å². The average molecular weight is 350 g/mol.